The van der Waals surface area contributed by atoms with E-state index in [2.05, 4.69) is 37.2 Å². The molecule has 0 saturated heterocycles. The summed E-state index contributed by atoms with van der Waals surface area (Å²) in [5.74, 6) is -6.19. The van der Waals surface area contributed by atoms with E-state index in [1.165, 1.54) is 0 Å². The Morgan fingerprint density at radius 3 is 0.987 bits per heavy atom. The molecule has 0 heterocycles. The van der Waals surface area contributed by atoms with E-state index in [4.69, 9.17) is 22.9 Å². The van der Waals surface area contributed by atoms with Crippen LogP contribution in [0, 0.1) is 11.8 Å². The van der Waals surface area contributed by atoms with Crippen molar-refractivity contribution in [2.45, 2.75) is 166 Å². The Morgan fingerprint density at radius 1 is 0.377 bits per heavy atom. The van der Waals surface area contributed by atoms with Gasteiger partial charge in [0, 0.05) is 19.3 Å². The van der Waals surface area contributed by atoms with Crippen LogP contribution < -0.4 is 60.2 Å². The molecule has 20 nitrogen and oxygen atoms in total. The smallest absolute Gasteiger partial charge is 0.326 e. The fourth-order valence-corrected chi connectivity index (χ4v) is 8.65. The van der Waals surface area contributed by atoms with Crippen molar-refractivity contribution < 1.29 is 43.5 Å². The van der Waals surface area contributed by atoms with Crippen molar-refractivity contribution in [3.8, 4) is 0 Å². The third kappa shape index (κ3) is 24.9. The van der Waals surface area contributed by atoms with Crippen molar-refractivity contribution in [1.29, 1.82) is 0 Å². The summed E-state index contributed by atoms with van der Waals surface area (Å²) < 4.78 is 0. The molecule has 0 fully saturated rings. The Bertz CT molecular complexity index is 2270. The second-order valence-corrected chi connectivity index (χ2v) is 20.6. The molecule has 3 aromatic carbocycles. The van der Waals surface area contributed by atoms with Crippen molar-refractivity contribution in [2.24, 2.45) is 34.8 Å². The number of rotatable bonds is 37. The number of unbranched alkanes of at least 4 members (excludes halogenated alkanes) is 3. The van der Waals surface area contributed by atoms with E-state index in [9.17, 15) is 43.5 Å². The number of carbonyl (C=O) groups excluding carboxylic acids is 7. The molecule has 0 aliphatic carbocycles. The van der Waals surface area contributed by atoms with Crippen molar-refractivity contribution >= 4 is 47.3 Å². The molecule has 77 heavy (non-hydrogen) atoms. The van der Waals surface area contributed by atoms with Crippen LogP contribution in [-0.2, 0) is 57.6 Å². The predicted octanol–water partition coefficient (Wildman–Crippen LogP) is 2.00. The molecule has 8 atom stereocenters. The summed E-state index contributed by atoms with van der Waals surface area (Å²) in [6.45, 7) is 8.56. The van der Waals surface area contributed by atoms with E-state index in [0.29, 0.717) is 81.3 Å². The van der Waals surface area contributed by atoms with Gasteiger partial charge in [0.05, 0.1) is 6.04 Å². The van der Waals surface area contributed by atoms with Crippen molar-refractivity contribution in [1.82, 2.24) is 37.2 Å². The third-order valence-electron chi connectivity index (χ3n) is 12.9. The standard InChI is InChI=1S/C57H87N11O9/c1-37(2)32-45(53(72)67-48(35-40-22-10-6-11-23-40)56(75)65-46(33-38(3)4)54(73)68-49(57(76)77)36-41-24-12-7-13-25-41)64-55(74)47(34-39-20-8-5-9-21-39)66-52(71)44(28-16-19-31-60)63-51(70)43(27-15-18-30-59)62-50(69)42(61)26-14-17-29-58/h5-13,20-25,37-38,42-49H,14-19,26-36,58-61H2,1-4H3,(H,62,69)(H,63,70)(H,64,74)(H,65,75)(H,66,71)(H,67,72)(H,68,73)(H,76,77)/t42-,43-,44-,45-,46-,47-,48-,49-/m0/s1. The molecule has 424 valence electrons. The number of hydrogen-bond acceptors (Lipinski definition) is 12. The van der Waals surface area contributed by atoms with E-state index in [1.54, 1.807) is 91.0 Å². The van der Waals surface area contributed by atoms with Gasteiger partial charge in [0.15, 0.2) is 0 Å². The third-order valence-corrected chi connectivity index (χ3v) is 12.9. The fourth-order valence-electron chi connectivity index (χ4n) is 8.65. The van der Waals surface area contributed by atoms with Crippen LogP contribution in [0.15, 0.2) is 91.0 Å². The van der Waals surface area contributed by atoms with Gasteiger partial charge in [-0.15, -0.1) is 0 Å². The molecule has 0 aliphatic heterocycles. The number of nitrogens with one attached hydrogen (secondary N) is 7. The monoisotopic (exact) mass is 1070 g/mol. The molecule has 0 aromatic heterocycles. The maximum atomic E-state index is 14.7. The fraction of sp³-hybridized carbons (Fsp3) is 0.544. The number of carbonyl (C=O) groups is 8. The van der Waals surface area contributed by atoms with Gasteiger partial charge in [-0.05, 0) is 112 Å². The summed E-state index contributed by atoms with van der Waals surface area (Å²) in [7, 11) is 0. The van der Waals surface area contributed by atoms with Crippen LogP contribution in [0.2, 0.25) is 0 Å². The molecule has 16 N–H and O–H groups in total. The molecule has 0 saturated carbocycles. The Kier molecular flexibility index (Phi) is 29.8. The van der Waals surface area contributed by atoms with Gasteiger partial charge in [0.2, 0.25) is 41.4 Å². The molecule has 7 amide bonds. The van der Waals surface area contributed by atoms with Crippen LogP contribution in [0.5, 0.6) is 0 Å². The molecular weight excluding hydrogens is 983 g/mol. The first-order valence-corrected chi connectivity index (χ1v) is 27.2. The number of carboxylic acids is 1. The van der Waals surface area contributed by atoms with E-state index in [-0.39, 0.29) is 56.8 Å². The highest BCUT2D eigenvalue weighted by Crippen LogP contribution is 2.14. The largest absolute Gasteiger partial charge is 0.480 e. The van der Waals surface area contributed by atoms with Crippen LogP contribution in [0.25, 0.3) is 0 Å². The average Bonchev–Trinajstić information content (AvgIpc) is 3.39. The summed E-state index contributed by atoms with van der Waals surface area (Å²) in [6, 6.07) is 17.3. The van der Waals surface area contributed by atoms with Crippen LogP contribution in [0.1, 0.15) is 115 Å². The SMILES string of the molecule is CC(C)C[C@H](NC(=O)[C@H](Cc1ccccc1)NC(=O)[C@H](CC(C)C)NC(=O)[C@H](Cc1ccccc1)NC(=O)[C@H](CCCCN)NC(=O)[C@H](CCCCN)NC(=O)[C@@H](N)CCCCN)C(=O)N[C@@H](Cc1ccccc1)C(=O)O. The van der Waals surface area contributed by atoms with Crippen LogP contribution in [-0.4, -0.2) is 120 Å². The van der Waals surface area contributed by atoms with E-state index in [0.717, 1.165) is 0 Å². The predicted molar refractivity (Wildman–Crippen MR) is 297 cm³/mol. The number of amides is 7. The minimum atomic E-state index is -1.29. The van der Waals surface area contributed by atoms with Gasteiger partial charge in [0.1, 0.15) is 42.3 Å². The number of hydrogen-bond donors (Lipinski definition) is 12. The highest BCUT2D eigenvalue weighted by atomic mass is 16.4. The number of benzene rings is 3. The van der Waals surface area contributed by atoms with Gasteiger partial charge >= 0.3 is 5.97 Å². The summed E-state index contributed by atoms with van der Waals surface area (Å²) in [5.41, 5.74) is 25.4. The summed E-state index contributed by atoms with van der Waals surface area (Å²) >= 11 is 0. The maximum absolute atomic E-state index is 14.7. The Balaban J connectivity index is 1.94. The quantitative estimate of drug-likeness (QED) is 0.0368. The first-order chi connectivity index (χ1) is 36.8. The minimum absolute atomic E-state index is 0.00569. The van der Waals surface area contributed by atoms with Crippen molar-refractivity contribution in [3.05, 3.63) is 108 Å². The van der Waals surface area contributed by atoms with Gasteiger partial charge in [-0.1, -0.05) is 125 Å². The lowest BCUT2D eigenvalue weighted by Crippen LogP contribution is -2.61. The summed E-state index contributed by atoms with van der Waals surface area (Å²) in [4.78, 5) is 112. The van der Waals surface area contributed by atoms with Crippen LogP contribution in [0.3, 0.4) is 0 Å². The molecule has 0 bridgehead atoms. The highest BCUT2D eigenvalue weighted by Gasteiger charge is 2.35. The molecule has 0 spiro atoms. The first-order valence-electron chi connectivity index (χ1n) is 27.2. The molecule has 3 rings (SSSR count). The van der Waals surface area contributed by atoms with Crippen molar-refractivity contribution in [2.75, 3.05) is 19.6 Å². The lowest BCUT2D eigenvalue weighted by Gasteiger charge is -2.29. The van der Waals surface area contributed by atoms with Crippen LogP contribution in [0.4, 0.5) is 0 Å². The second kappa shape index (κ2) is 35.6. The number of carboxylic acid groups (broad SMARTS) is 1. The van der Waals surface area contributed by atoms with E-state index >= 15 is 0 Å². The molecule has 0 radical (unpaired) electrons. The number of nitrogens with two attached hydrogens (primary N) is 4. The lowest BCUT2D eigenvalue weighted by atomic mass is 9.98. The molecule has 3 aromatic rings. The molecular formula is C57H87N11O9. The second-order valence-electron chi connectivity index (χ2n) is 20.6. The Labute approximate surface area is 454 Å². The van der Waals surface area contributed by atoms with Crippen molar-refractivity contribution in [3.63, 3.8) is 0 Å². The normalized spacial score (nSPS) is 14.4. The van der Waals surface area contributed by atoms with E-state index < -0.39 is 95.7 Å². The molecule has 0 aliphatic rings. The number of aliphatic carboxylic acids is 1. The maximum Gasteiger partial charge on any atom is 0.326 e. The molecule has 0 unspecified atom stereocenters. The molecule has 20 heteroatoms. The van der Waals surface area contributed by atoms with Gasteiger partial charge in [-0.2, -0.15) is 0 Å². The zero-order chi connectivity index (χ0) is 56.7. The topological polar surface area (TPSA) is 345 Å². The van der Waals surface area contributed by atoms with Gasteiger partial charge in [-0.3, -0.25) is 33.6 Å². The minimum Gasteiger partial charge on any atom is -0.480 e. The Hall–Kier alpha value is -6.74. The lowest BCUT2D eigenvalue weighted by molar-refractivity contribution is -0.142. The first kappa shape index (κ1) is 64.5. The van der Waals surface area contributed by atoms with Gasteiger partial charge < -0.3 is 65.3 Å². The zero-order valence-electron chi connectivity index (χ0n) is 45.5. The average molecular weight is 1070 g/mol. The Morgan fingerprint density at radius 2 is 0.649 bits per heavy atom. The summed E-state index contributed by atoms with van der Waals surface area (Å²) in [6.07, 6.45) is 4.36. The zero-order valence-corrected chi connectivity index (χ0v) is 45.5. The highest BCUT2D eigenvalue weighted by molar-refractivity contribution is 5.97. The van der Waals surface area contributed by atoms with Gasteiger partial charge in [0.25, 0.3) is 0 Å². The van der Waals surface area contributed by atoms with Gasteiger partial charge in [-0.25, -0.2) is 4.79 Å². The van der Waals surface area contributed by atoms with E-state index in [1.807, 2.05) is 27.7 Å². The van der Waals surface area contributed by atoms with Crippen LogP contribution >= 0.6 is 0 Å². The summed E-state index contributed by atoms with van der Waals surface area (Å²) in [5, 5.41) is 29.6.